The fourth-order valence-electron chi connectivity index (χ4n) is 3.38. The lowest BCUT2D eigenvalue weighted by atomic mass is 9.97. The van der Waals surface area contributed by atoms with Gasteiger partial charge in [0.05, 0.1) is 5.56 Å². The first kappa shape index (κ1) is 16.0. The van der Waals surface area contributed by atoms with Crippen LogP contribution < -0.4 is 9.47 Å². The molecule has 0 N–H and O–H groups in total. The Morgan fingerprint density at radius 3 is 1.69 bits per heavy atom. The quantitative estimate of drug-likeness (QED) is 0.407. The van der Waals surface area contributed by atoms with Gasteiger partial charge in [-0.05, 0) is 5.56 Å². The van der Waals surface area contributed by atoms with E-state index < -0.39 is 11.9 Å². The highest BCUT2D eigenvalue weighted by Crippen LogP contribution is 2.51. The number of rotatable bonds is 2. The van der Waals surface area contributed by atoms with Gasteiger partial charge in [-0.25, -0.2) is 0 Å². The third-order valence-electron chi connectivity index (χ3n) is 4.28. The molecule has 0 unspecified atom stereocenters. The molecule has 26 heavy (non-hydrogen) atoms. The molecule has 0 radical (unpaired) electrons. The van der Waals surface area contributed by atoms with Crippen LogP contribution in [0.15, 0.2) is 48.5 Å². The van der Waals surface area contributed by atoms with Crippen LogP contribution in [0.2, 0.25) is 0 Å². The topological polar surface area (TPSA) is 69.7 Å². The van der Waals surface area contributed by atoms with E-state index in [0.29, 0.717) is 33.2 Å². The van der Waals surface area contributed by atoms with Crippen molar-refractivity contribution in [2.45, 2.75) is 13.8 Å². The second kappa shape index (κ2) is 5.81. The fourth-order valence-corrected chi connectivity index (χ4v) is 3.38. The molecule has 0 bridgehead atoms. The Labute approximate surface area is 149 Å². The van der Waals surface area contributed by atoms with E-state index in [1.807, 2.05) is 0 Å². The number of esters is 2. The van der Waals surface area contributed by atoms with Gasteiger partial charge in [0, 0.05) is 35.7 Å². The van der Waals surface area contributed by atoms with Gasteiger partial charge in [-0.3, -0.25) is 14.4 Å². The number of fused-ring (bicyclic) bond motifs is 4. The molecule has 0 amide bonds. The second-order valence-electron chi connectivity index (χ2n) is 6.02. The minimum Gasteiger partial charge on any atom is -0.425 e. The molecular weight excluding hydrogens is 332 g/mol. The highest BCUT2D eigenvalue weighted by atomic mass is 16.5. The number of carbonyl (C=O) groups is 3. The van der Waals surface area contributed by atoms with Gasteiger partial charge in [0.25, 0.3) is 0 Å². The summed E-state index contributed by atoms with van der Waals surface area (Å²) >= 11 is 0. The minimum absolute atomic E-state index is 0.195. The summed E-state index contributed by atoms with van der Waals surface area (Å²) in [5.41, 5.74) is 1.87. The molecule has 0 heterocycles. The van der Waals surface area contributed by atoms with Crippen molar-refractivity contribution in [3.05, 3.63) is 59.7 Å². The van der Waals surface area contributed by atoms with E-state index in [9.17, 15) is 14.4 Å². The number of hydrogen-bond acceptors (Lipinski definition) is 5. The molecular formula is C21H14O5. The maximum atomic E-state index is 13.0. The first-order valence-electron chi connectivity index (χ1n) is 8.08. The van der Waals surface area contributed by atoms with Gasteiger partial charge >= 0.3 is 11.9 Å². The average Bonchev–Trinajstić information content (AvgIpc) is 2.91. The molecule has 0 spiro atoms. The molecule has 5 heteroatoms. The molecule has 5 nitrogen and oxygen atoms in total. The molecule has 128 valence electrons. The van der Waals surface area contributed by atoms with E-state index in [2.05, 4.69) is 0 Å². The number of ether oxygens (including phenoxy) is 2. The molecule has 0 aromatic heterocycles. The summed E-state index contributed by atoms with van der Waals surface area (Å²) in [4.78, 5) is 36.4. The zero-order chi connectivity index (χ0) is 18.4. The van der Waals surface area contributed by atoms with E-state index in [1.165, 1.54) is 13.8 Å². The minimum atomic E-state index is -0.527. The lowest BCUT2D eigenvalue weighted by Crippen LogP contribution is -2.09. The number of carbonyl (C=O) groups excluding carboxylic acids is 3. The van der Waals surface area contributed by atoms with Gasteiger partial charge in [0.2, 0.25) is 0 Å². The van der Waals surface area contributed by atoms with Crippen molar-refractivity contribution in [3.63, 3.8) is 0 Å². The molecule has 0 atom stereocenters. The van der Waals surface area contributed by atoms with Crippen molar-refractivity contribution in [2.75, 3.05) is 0 Å². The van der Waals surface area contributed by atoms with Crippen LogP contribution in [-0.2, 0) is 9.59 Å². The van der Waals surface area contributed by atoms with Gasteiger partial charge in [-0.1, -0.05) is 48.5 Å². The van der Waals surface area contributed by atoms with E-state index in [4.69, 9.17) is 9.47 Å². The van der Waals surface area contributed by atoms with Crippen LogP contribution in [0.3, 0.4) is 0 Å². The summed E-state index contributed by atoms with van der Waals surface area (Å²) in [6.45, 7) is 2.59. The zero-order valence-corrected chi connectivity index (χ0v) is 14.2. The average molecular weight is 346 g/mol. The maximum Gasteiger partial charge on any atom is 0.308 e. The molecule has 0 aliphatic heterocycles. The molecule has 0 saturated heterocycles. The third-order valence-corrected chi connectivity index (χ3v) is 4.28. The standard InChI is InChI=1S/C21H14O5/c1-11(22)25-20-15-9-5-6-10-16(15)21(26-12(2)23)18-17(20)13-7-3-4-8-14(13)19(18)24/h3-10H,1-2H3. The van der Waals surface area contributed by atoms with Gasteiger partial charge in [0.15, 0.2) is 11.5 Å². The van der Waals surface area contributed by atoms with Crippen molar-refractivity contribution in [3.8, 4) is 22.6 Å². The lowest BCUT2D eigenvalue weighted by molar-refractivity contribution is -0.132. The lowest BCUT2D eigenvalue weighted by Gasteiger charge is -2.16. The van der Waals surface area contributed by atoms with Crippen LogP contribution in [0, 0.1) is 0 Å². The normalized spacial score (nSPS) is 11.8. The Morgan fingerprint density at radius 1 is 0.692 bits per heavy atom. The third kappa shape index (κ3) is 2.29. The molecule has 0 fully saturated rings. The summed E-state index contributed by atoms with van der Waals surface area (Å²) < 4.78 is 10.9. The van der Waals surface area contributed by atoms with E-state index >= 15 is 0 Å². The molecule has 3 aromatic rings. The van der Waals surface area contributed by atoms with Crippen LogP contribution >= 0.6 is 0 Å². The van der Waals surface area contributed by atoms with Crippen LogP contribution in [0.4, 0.5) is 0 Å². The highest BCUT2D eigenvalue weighted by Gasteiger charge is 2.36. The summed E-state index contributed by atoms with van der Waals surface area (Å²) in [6.07, 6.45) is 0. The maximum absolute atomic E-state index is 13.0. The molecule has 1 aliphatic carbocycles. The summed E-state index contributed by atoms with van der Waals surface area (Å²) in [7, 11) is 0. The molecule has 1 aliphatic rings. The van der Waals surface area contributed by atoms with E-state index in [-0.39, 0.29) is 17.1 Å². The largest absolute Gasteiger partial charge is 0.425 e. The van der Waals surface area contributed by atoms with Crippen molar-refractivity contribution in [1.82, 2.24) is 0 Å². The number of hydrogen-bond donors (Lipinski definition) is 0. The van der Waals surface area contributed by atoms with Gasteiger partial charge in [0.1, 0.15) is 5.75 Å². The Morgan fingerprint density at radius 2 is 1.15 bits per heavy atom. The number of benzene rings is 3. The first-order chi connectivity index (χ1) is 12.5. The monoisotopic (exact) mass is 346 g/mol. The molecule has 3 aromatic carbocycles. The van der Waals surface area contributed by atoms with Crippen LogP contribution in [0.5, 0.6) is 11.5 Å². The highest BCUT2D eigenvalue weighted by molar-refractivity contribution is 6.27. The Balaban J connectivity index is 2.19. The van der Waals surface area contributed by atoms with Gasteiger partial charge in [-0.15, -0.1) is 0 Å². The summed E-state index contributed by atoms with van der Waals surface area (Å²) in [6, 6.07) is 14.1. The van der Waals surface area contributed by atoms with Crippen molar-refractivity contribution in [2.24, 2.45) is 0 Å². The van der Waals surface area contributed by atoms with E-state index in [1.54, 1.807) is 48.5 Å². The fraction of sp³-hybridized carbons (Fsp3) is 0.0952. The van der Waals surface area contributed by atoms with Crippen molar-refractivity contribution < 1.29 is 23.9 Å². The second-order valence-corrected chi connectivity index (χ2v) is 6.02. The zero-order valence-electron chi connectivity index (χ0n) is 14.2. The SMILES string of the molecule is CC(=O)Oc1c2c(c(OC(C)=O)c3ccccc13)-c1ccccc1C2=O. The molecule has 0 saturated carbocycles. The summed E-state index contributed by atoms with van der Waals surface area (Å²) in [5.74, 6) is -0.778. The van der Waals surface area contributed by atoms with Crippen LogP contribution in [0.25, 0.3) is 21.9 Å². The Hall–Kier alpha value is -3.47. The number of ketones is 1. The van der Waals surface area contributed by atoms with Crippen molar-refractivity contribution >= 4 is 28.5 Å². The van der Waals surface area contributed by atoms with Crippen LogP contribution in [-0.4, -0.2) is 17.7 Å². The Kier molecular flexibility index (Phi) is 3.58. The first-order valence-corrected chi connectivity index (χ1v) is 8.08. The van der Waals surface area contributed by atoms with Crippen molar-refractivity contribution in [1.29, 1.82) is 0 Å². The smallest absolute Gasteiger partial charge is 0.308 e. The Bertz CT molecular complexity index is 1110. The van der Waals surface area contributed by atoms with Gasteiger partial charge < -0.3 is 9.47 Å². The van der Waals surface area contributed by atoms with Gasteiger partial charge in [-0.2, -0.15) is 0 Å². The predicted octanol–water partition coefficient (Wildman–Crippen LogP) is 3.90. The molecule has 4 rings (SSSR count). The predicted molar refractivity (Wildman–Crippen MR) is 95.4 cm³/mol. The summed E-state index contributed by atoms with van der Waals surface area (Å²) in [5, 5.41) is 1.14. The van der Waals surface area contributed by atoms with E-state index in [0.717, 1.165) is 0 Å². The van der Waals surface area contributed by atoms with Crippen LogP contribution in [0.1, 0.15) is 29.8 Å².